The first-order chi connectivity index (χ1) is 12.1. The van der Waals surface area contributed by atoms with Crippen molar-refractivity contribution in [3.63, 3.8) is 0 Å². The Morgan fingerprint density at radius 1 is 1.04 bits per heavy atom. The summed E-state index contributed by atoms with van der Waals surface area (Å²) < 4.78 is 31.7. The van der Waals surface area contributed by atoms with Crippen molar-refractivity contribution < 1.29 is 27.9 Å². The fraction of sp³-hybridized carbons (Fsp3) is 0.882. The number of urea groups is 1. The number of amides is 2. The van der Waals surface area contributed by atoms with E-state index in [1.807, 2.05) is 0 Å². The second kappa shape index (κ2) is 8.45. The van der Waals surface area contributed by atoms with Crippen molar-refractivity contribution in [3.05, 3.63) is 0 Å². The van der Waals surface area contributed by atoms with Gasteiger partial charge >= 0.3 is 18.2 Å². The molecule has 0 aromatic carbocycles. The van der Waals surface area contributed by atoms with E-state index in [2.05, 4.69) is 28.5 Å². The van der Waals surface area contributed by atoms with E-state index in [1.54, 1.807) is 0 Å². The van der Waals surface area contributed by atoms with Gasteiger partial charge in [0.05, 0.1) is 6.04 Å². The molecule has 3 heterocycles. The van der Waals surface area contributed by atoms with Crippen LogP contribution in [0.2, 0.25) is 0 Å². The third-order valence-electron chi connectivity index (χ3n) is 5.16. The number of rotatable bonds is 2. The van der Waals surface area contributed by atoms with Crippen LogP contribution in [-0.2, 0) is 4.79 Å². The van der Waals surface area contributed by atoms with E-state index in [9.17, 15) is 18.0 Å². The number of halogens is 3. The molecule has 3 rings (SSSR count). The van der Waals surface area contributed by atoms with E-state index in [-0.39, 0.29) is 0 Å². The van der Waals surface area contributed by atoms with Gasteiger partial charge in [-0.3, -0.25) is 4.90 Å². The molecule has 3 saturated heterocycles. The molecule has 0 aromatic rings. The maximum Gasteiger partial charge on any atom is 0.490 e. The molecule has 6 nitrogen and oxygen atoms in total. The summed E-state index contributed by atoms with van der Waals surface area (Å²) in [6.07, 6.45) is -0.353. The molecule has 0 radical (unpaired) electrons. The fourth-order valence-electron chi connectivity index (χ4n) is 4.10. The van der Waals surface area contributed by atoms with Crippen LogP contribution in [0.3, 0.4) is 0 Å². The van der Waals surface area contributed by atoms with Gasteiger partial charge in [-0.2, -0.15) is 13.2 Å². The van der Waals surface area contributed by atoms with Gasteiger partial charge in [-0.15, -0.1) is 0 Å². The highest BCUT2D eigenvalue weighted by Gasteiger charge is 2.45. The lowest BCUT2D eigenvalue weighted by Crippen LogP contribution is -2.46. The predicted molar refractivity (Wildman–Crippen MR) is 89.8 cm³/mol. The summed E-state index contributed by atoms with van der Waals surface area (Å²) in [5.74, 6) is -2.03. The average Bonchev–Trinajstić information content (AvgIpc) is 3.24. The number of hydrogen-bond acceptors (Lipinski definition) is 3. The SMILES string of the molecule is CC(C)CN1CC[C@@H]2[C@@H]1CCN2C(=O)N1CCCC1.O=C(O)C(F)(F)F. The topological polar surface area (TPSA) is 64.1 Å². The molecule has 0 aliphatic carbocycles. The van der Waals surface area contributed by atoms with Crippen LogP contribution < -0.4 is 0 Å². The molecule has 26 heavy (non-hydrogen) atoms. The van der Waals surface area contributed by atoms with Crippen LogP contribution in [0.4, 0.5) is 18.0 Å². The first-order valence-corrected chi connectivity index (χ1v) is 9.21. The fourth-order valence-corrected chi connectivity index (χ4v) is 4.10. The van der Waals surface area contributed by atoms with E-state index in [0.29, 0.717) is 18.1 Å². The molecule has 1 N–H and O–H groups in total. The van der Waals surface area contributed by atoms with Gasteiger partial charge in [-0.1, -0.05) is 13.8 Å². The molecule has 2 amide bonds. The van der Waals surface area contributed by atoms with Gasteiger partial charge in [0.1, 0.15) is 0 Å². The molecule has 3 aliphatic heterocycles. The first kappa shape index (κ1) is 20.8. The van der Waals surface area contributed by atoms with Gasteiger partial charge < -0.3 is 14.9 Å². The summed E-state index contributed by atoms with van der Waals surface area (Å²) in [6.45, 7) is 9.86. The maximum absolute atomic E-state index is 12.6. The van der Waals surface area contributed by atoms with Gasteiger partial charge in [-0.25, -0.2) is 9.59 Å². The van der Waals surface area contributed by atoms with E-state index in [1.165, 1.54) is 38.8 Å². The monoisotopic (exact) mass is 379 g/mol. The van der Waals surface area contributed by atoms with Crippen molar-refractivity contribution in [1.29, 1.82) is 0 Å². The van der Waals surface area contributed by atoms with Crippen LogP contribution in [0.1, 0.15) is 39.5 Å². The Bertz CT molecular complexity index is 507. The van der Waals surface area contributed by atoms with Crippen molar-refractivity contribution >= 4 is 12.0 Å². The third-order valence-corrected chi connectivity index (χ3v) is 5.16. The summed E-state index contributed by atoms with van der Waals surface area (Å²) in [4.78, 5) is 28.3. The lowest BCUT2D eigenvalue weighted by Gasteiger charge is -2.29. The molecule has 2 atom stereocenters. The zero-order valence-electron chi connectivity index (χ0n) is 15.3. The highest BCUT2D eigenvalue weighted by atomic mass is 19.4. The van der Waals surface area contributed by atoms with Crippen LogP contribution in [0.15, 0.2) is 0 Å². The molecule has 150 valence electrons. The first-order valence-electron chi connectivity index (χ1n) is 9.21. The lowest BCUT2D eigenvalue weighted by atomic mass is 10.1. The van der Waals surface area contributed by atoms with Crippen LogP contribution in [0, 0.1) is 5.92 Å². The van der Waals surface area contributed by atoms with Crippen molar-refractivity contribution in [1.82, 2.24) is 14.7 Å². The Kier molecular flexibility index (Phi) is 6.76. The summed E-state index contributed by atoms with van der Waals surface area (Å²) in [6, 6.07) is 1.44. The number of hydrogen-bond donors (Lipinski definition) is 1. The highest BCUT2D eigenvalue weighted by Crippen LogP contribution is 2.33. The second-order valence-electron chi connectivity index (χ2n) is 7.57. The minimum Gasteiger partial charge on any atom is -0.475 e. The van der Waals surface area contributed by atoms with Gasteiger partial charge in [0, 0.05) is 38.8 Å². The molecule has 0 aromatic heterocycles. The molecular weight excluding hydrogens is 351 g/mol. The summed E-state index contributed by atoms with van der Waals surface area (Å²) in [7, 11) is 0. The molecule has 0 unspecified atom stereocenters. The normalized spacial score (nSPS) is 26.1. The number of fused-ring (bicyclic) bond motifs is 1. The minimum absolute atomic E-state index is 0.316. The largest absolute Gasteiger partial charge is 0.490 e. The summed E-state index contributed by atoms with van der Waals surface area (Å²) >= 11 is 0. The van der Waals surface area contributed by atoms with Gasteiger partial charge in [0.25, 0.3) is 0 Å². The molecule has 0 bridgehead atoms. The number of alkyl halides is 3. The Morgan fingerprint density at radius 3 is 2.08 bits per heavy atom. The highest BCUT2D eigenvalue weighted by molar-refractivity contribution is 5.75. The predicted octanol–water partition coefficient (Wildman–Crippen LogP) is 2.64. The smallest absolute Gasteiger partial charge is 0.475 e. The van der Waals surface area contributed by atoms with E-state index in [0.717, 1.165) is 25.6 Å². The van der Waals surface area contributed by atoms with E-state index in [4.69, 9.17) is 9.90 Å². The van der Waals surface area contributed by atoms with Crippen LogP contribution in [0.5, 0.6) is 0 Å². The number of nitrogens with zero attached hydrogens (tertiary/aromatic N) is 3. The van der Waals surface area contributed by atoms with Crippen molar-refractivity contribution in [2.24, 2.45) is 5.92 Å². The molecule has 9 heteroatoms. The van der Waals surface area contributed by atoms with Crippen LogP contribution in [-0.4, -0.2) is 82.8 Å². The van der Waals surface area contributed by atoms with Crippen molar-refractivity contribution in [2.75, 3.05) is 32.7 Å². The van der Waals surface area contributed by atoms with Gasteiger partial charge in [0.2, 0.25) is 0 Å². The van der Waals surface area contributed by atoms with Gasteiger partial charge in [-0.05, 0) is 31.6 Å². The molecule has 0 spiro atoms. The molecular formula is C17H28F3N3O3. The molecule has 3 fully saturated rings. The molecule has 3 aliphatic rings. The van der Waals surface area contributed by atoms with Crippen molar-refractivity contribution in [3.8, 4) is 0 Å². The summed E-state index contributed by atoms with van der Waals surface area (Å²) in [5, 5.41) is 7.12. The number of likely N-dealkylation sites (tertiary alicyclic amines) is 3. The Morgan fingerprint density at radius 2 is 1.58 bits per heavy atom. The average molecular weight is 379 g/mol. The number of carboxylic acids is 1. The lowest BCUT2D eigenvalue weighted by molar-refractivity contribution is -0.192. The maximum atomic E-state index is 12.6. The zero-order chi connectivity index (χ0) is 19.5. The van der Waals surface area contributed by atoms with E-state index < -0.39 is 12.1 Å². The molecule has 0 saturated carbocycles. The van der Waals surface area contributed by atoms with Gasteiger partial charge in [0.15, 0.2) is 0 Å². The second-order valence-corrected chi connectivity index (χ2v) is 7.57. The number of carbonyl (C=O) groups excluding carboxylic acids is 1. The Balaban J connectivity index is 0.000000298. The summed E-state index contributed by atoms with van der Waals surface area (Å²) in [5.41, 5.74) is 0. The number of carbonyl (C=O) groups is 2. The standard InChI is InChI=1S/C15H27N3O.C2HF3O2/c1-12(2)11-17-9-5-14-13(17)6-10-18(14)15(19)16-7-3-4-8-16;3-2(4,5)1(6)7/h12-14H,3-11H2,1-2H3;(H,6,7)/t13-,14+;/m0./s1. The Labute approximate surface area is 151 Å². The Hall–Kier alpha value is -1.51. The number of carboxylic acid groups (broad SMARTS) is 1. The number of aliphatic carboxylic acids is 1. The minimum atomic E-state index is -5.08. The van der Waals surface area contributed by atoms with Crippen molar-refractivity contribution in [2.45, 2.75) is 57.8 Å². The van der Waals surface area contributed by atoms with Crippen LogP contribution in [0.25, 0.3) is 0 Å². The third kappa shape index (κ3) is 5.02. The van der Waals surface area contributed by atoms with Crippen LogP contribution >= 0.6 is 0 Å². The zero-order valence-corrected chi connectivity index (χ0v) is 15.3. The van der Waals surface area contributed by atoms with E-state index >= 15 is 0 Å². The quantitative estimate of drug-likeness (QED) is 0.801.